The largest absolute Gasteiger partial charge is 0.455 e. The van der Waals surface area contributed by atoms with Crippen molar-refractivity contribution in [2.45, 2.75) is 70.3 Å². The molecule has 2 aromatic rings. The maximum Gasteiger partial charge on any atom is 0.427 e. The van der Waals surface area contributed by atoms with Crippen LogP contribution in [-0.4, -0.2) is 0 Å². The van der Waals surface area contributed by atoms with Crippen molar-refractivity contribution in [3.63, 3.8) is 0 Å². The minimum atomic E-state index is -4.07. The Bertz CT molecular complexity index is 914. The molecule has 2 aromatic carbocycles. The Hall–Kier alpha value is -1.01. The van der Waals surface area contributed by atoms with Crippen molar-refractivity contribution in [1.82, 2.24) is 0 Å². The van der Waals surface area contributed by atoms with Crippen molar-refractivity contribution < 1.29 is 59.4 Å². The van der Waals surface area contributed by atoms with Gasteiger partial charge in [-0.15, -0.1) is 6.07 Å². The zero-order valence-electron chi connectivity index (χ0n) is 18.7. The summed E-state index contributed by atoms with van der Waals surface area (Å²) in [5.74, 6) is -1.70. The molecule has 0 aromatic heterocycles. The van der Waals surface area contributed by atoms with E-state index in [1.807, 2.05) is 0 Å². The molecule has 1 radical (unpaired) electrons. The Kier molecular flexibility index (Phi) is 8.99. The number of hydrogen-bond donors (Lipinski definition) is 0. The van der Waals surface area contributed by atoms with E-state index in [2.05, 4.69) is 11.7 Å². The first-order valence-corrected chi connectivity index (χ1v) is 11.5. The number of halogens is 5. The van der Waals surface area contributed by atoms with E-state index in [1.54, 1.807) is 6.07 Å². The molecule has 0 amide bonds. The van der Waals surface area contributed by atoms with Crippen molar-refractivity contribution in [3.05, 3.63) is 65.0 Å². The Balaban J connectivity index is 0.00000306. The van der Waals surface area contributed by atoms with E-state index >= 15 is 0 Å². The smallest absolute Gasteiger partial charge is 0.427 e. The van der Waals surface area contributed by atoms with Crippen LogP contribution in [0.5, 0.6) is 5.75 Å². The van der Waals surface area contributed by atoms with Gasteiger partial charge in [0.15, 0.2) is 0 Å². The van der Waals surface area contributed by atoms with Crippen LogP contribution in [-0.2, 0) is 38.8 Å². The van der Waals surface area contributed by atoms with Gasteiger partial charge in [-0.2, -0.15) is 8.78 Å². The molecule has 0 atom stereocenters. The van der Waals surface area contributed by atoms with Gasteiger partial charge in [0.2, 0.25) is 0 Å². The molecule has 7 heteroatoms. The summed E-state index contributed by atoms with van der Waals surface area (Å²) in [6.07, 6.45) is 5.16. The molecule has 0 saturated heterocycles. The van der Waals surface area contributed by atoms with Gasteiger partial charge in [0.1, 0.15) is 5.82 Å². The van der Waals surface area contributed by atoms with Gasteiger partial charge in [-0.3, -0.25) is 0 Å². The minimum Gasteiger partial charge on any atom is -0.455 e. The summed E-state index contributed by atoms with van der Waals surface area (Å²) in [5.41, 5.74) is -0.246. The molecule has 0 unspecified atom stereocenters. The van der Waals surface area contributed by atoms with Crippen LogP contribution in [0.3, 0.4) is 0 Å². The summed E-state index contributed by atoms with van der Waals surface area (Å²) < 4.78 is 74.5. The standard InChI is InChI=1S/C26H28F5O.Y/c1-16-2-4-17(5-3-16)18-6-8-19(9-7-18)20-10-11-24(25(29)12-20)26(30,31)32-23-14-21(27)13-22(28)15-23;/h10-12,14-19H,2-9H2,1H3;/q-1;. The first-order valence-electron chi connectivity index (χ1n) is 11.5. The Morgan fingerprint density at radius 1 is 0.818 bits per heavy atom. The molecule has 0 spiro atoms. The fourth-order valence-electron chi connectivity index (χ4n) is 5.44. The van der Waals surface area contributed by atoms with Gasteiger partial charge < -0.3 is 4.74 Å². The normalized spacial score (nSPS) is 25.9. The molecule has 4 rings (SSSR count). The third-order valence-corrected chi connectivity index (χ3v) is 7.30. The molecule has 0 aliphatic heterocycles. The van der Waals surface area contributed by atoms with E-state index in [-0.39, 0.29) is 38.6 Å². The SMILES string of the molecule is CC1CCC(C2CCC(c3ccc(C(F)(F)Oc4cc(F)[c-]c(F)c4)c(F)c3)CC2)CC1.[Y]. The molecule has 2 aliphatic rings. The van der Waals surface area contributed by atoms with E-state index in [0.29, 0.717) is 23.6 Å². The van der Waals surface area contributed by atoms with Gasteiger partial charge in [0.25, 0.3) is 0 Å². The number of ether oxygens (including phenoxy) is 1. The second-order valence-corrected chi connectivity index (χ2v) is 9.50. The molecular weight excluding hydrogens is 512 g/mol. The van der Waals surface area contributed by atoms with Crippen LogP contribution in [0, 0.1) is 41.3 Å². The summed E-state index contributed by atoms with van der Waals surface area (Å²) in [6.45, 7) is 2.31. The van der Waals surface area contributed by atoms with Crippen molar-refractivity contribution >= 4 is 0 Å². The number of hydrogen-bond acceptors (Lipinski definition) is 1. The maximum absolute atomic E-state index is 14.7. The van der Waals surface area contributed by atoms with Crippen LogP contribution in [0.15, 0.2) is 30.3 Å². The van der Waals surface area contributed by atoms with E-state index in [1.165, 1.54) is 31.7 Å². The summed E-state index contributed by atoms with van der Waals surface area (Å²) in [6, 6.07) is 6.53. The van der Waals surface area contributed by atoms with Crippen molar-refractivity contribution in [3.8, 4) is 5.75 Å². The average Bonchev–Trinajstić information content (AvgIpc) is 2.73. The predicted octanol–water partition coefficient (Wildman–Crippen LogP) is 8.13. The molecule has 0 N–H and O–H groups in total. The summed E-state index contributed by atoms with van der Waals surface area (Å²) >= 11 is 0. The molecule has 2 saturated carbocycles. The molecule has 0 bridgehead atoms. The van der Waals surface area contributed by atoms with Crippen molar-refractivity contribution in [1.29, 1.82) is 0 Å². The average molecular weight is 540 g/mol. The molecule has 177 valence electrons. The zero-order valence-corrected chi connectivity index (χ0v) is 21.6. The first kappa shape index (κ1) is 26.6. The monoisotopic (exact) mass is 540 g/mol. The Labute approximate surface area is 217 Å². The van der Waals surface area contributed by atoms with Gasteiger partial charge in [0, 0.05) is 50.1 Å². The molecular formula is C26H28F5OY-. The summed E-state index contributed by atoms with van der Waals surface area (Å²) in [7, 11) is 0. The van der Waals surface area contributed by atoms with E-state index < -0.39 is 34.9 Å². The molecule has 2 aliphatic carbocycles. The third kappa shape index (κ3) is 6.57. The van der Waals surface area contributed by atoms with Crippen molar-refractivity contribution in [2.75, 3.05) is 0 Å². The van der Waals surface area contributed by atoms with E-state index in [9.17, 15) is 22.0 Å². The number of alkyl halides is 2. The number of benzene rings is 2. The van der Waals surface area contributed by atoms with E-state index in [0.717, 1.165) is 49.7 Å². The predicted molar refractivity (Wildman–Crippen MR) is 112 cm³/mol. The molecule has 33 heavy (non-hydrogen) atoms. The molecule has 2 fully saturated rings. The summed E-state index contributed by atoms with van der Waals surface area (Å²) in [4.78, 5) is 0. The fourth-order valence-corrected chi connectivity index (χ4v) is 5.44. The van der Waals surface area contributed by atoms with Gasteiger partial charge in [-0.25, -0.2) is 13.2 Å². The van der Waals surface area contributed by atoms with Crippen LogP contribution >= 0.6 is 0 Å². The van der Waals surface area contributed by atoms with Crippen molar-refractivity contribution in [2.24, 2.45) is 17.8 Å². The zero-order chi connectivity index (χ0) is 22.9. The second kappa shape index (κ2) is 11.2. The van der Waals surface area contributed by atoms with Crippen LogP contribution < -0.4 is 4.74 Å². The van der Waals surface area contributed by atoms with Gasteiger partial charge >= 0.3 is 6.11 Å². The van der Waals surface area contributed by atoms with Gasteiger partial charge in [-0.05, 0) is 79.9 Å². The van der Waals surface area contributed by atoms with Crippen LogP contribution in [0.25, 0.3) is 0 Å². The second-order valence-electron chi connectivity index (χ2n) is 9.50. The molecule has 1 nitrogen and oxygen atoms in total. The Morgan fingerprint density at radius 2 is 1.36 bits per heavy atom. The van der Waals surface area contributed by atoms with Crippen LogP contribution in [0.4, 0.5) is 22.0 Å². The topological polar surface area (TPSA) is 9.23 Å². The summed E-state index contributed by atoms with van der Waals surface area (Å²) in [5, 5.41) is 0. The number of rotatable bonds is 5. The fraction of sp³-hybridized carbons (Fsp3) is 0.538. The quantitative estimate of drug-likeness (QED) is 0.275. The van der Waals surface area contributed by atoms with Gasteiger partial charge in [-0.1, -0.05) is 38.0 Å². The third-order valence-electron chi connectivity index (χ3n) is 7.30. The minimum absolute atomic E-state index is 0. The first-order chi connectivity index (χ1) is 15.2. The molecule has 0 heterocycles. The maximum atomic E-state index is 14.7. The van der Waals surface area contributed by atoms with Crippen LogP contribution in [0.1, 0.15) is 75.3 Å². The van der Waals surface area contributed by atoms with Crippen LogP contribution in [0.2, 0.25) is 0 Å². The van der Waals surface area contributed by atoms with E-state index in [4.69, 9.17) is 0 Å². The Morgan fingerprint density at radius 3 is 1.91 bits per heavy atom. The van der Waals surface area contributed by atoms with Gasteiger partial charge in [0.05, 0.1) is 5.56 Å².